The Hall–Kier alpha value is -1.83. The molecule has 0 unspecified atom stereocenters. The van der Waals surface area contributed by atoms with Crippen LogP contribution in [-0.4, -0.2) is 41.4 Å². The fraction of sp³-hybridized carbons (Fsp3) is 0.625. The zero-order valence-corrected chi connectivity index (χ0v) is 17.2. The molecule has 1 saturated carbocycles. The number of carbonyl (C=O) groups is 1. The van der Waals surface area contributed by atoms with Gasteiger partial charge in [-0.05, 0) is 44.6 Å². The van der Waals surface area contributed by atoms with Gasteiger partial charge in [-0.3, -0.25) is 9.69 Å². The van der Waals surface area contributed by atoms with Crippen molar-refractivity contribution < 1.29 is 14.3 Å². The first-order valence-corrected chi connectivity index (χ1v) is 10.6. The lowest BCUT2D eigenvalue weighted by Gasteiger charge is -2.58. The first-order chi connectivity index (χ1) is 13.4. The molecule has 28 heavy (non-hydrogen) atoms. The van der Waals surface area contributed by atoms with Crippen LogP contribution in [-0.2, 0) is 20.7 Å². The van der Waals surface area contributed by atoms with Crippen molar-refractivity contribution in [1.82, 2.24) is 4.90 Å². The molecule has 2 heterocycles. The average molecular weight is 382 g/mol. The number of morpholine rings is 1. The van der Waals surface area contributed by atoms with Gasteiger partial charge in [-0.2, -0.15) is 0 Å². The molecule has 0 spiro atoms. The van der Waals surface area contributed by atoms with Crippen LogP contribution in [0.15, 0.2) is 30.3 Å². The number of nitrogens with zero attached hydrogens (tertiary/aromatic N) is 1. The number of benzene rings is 1. The van der Waals surface area contributed by atoms with Gasteiger partial charge in [-0.15, -0.1) is 0 Å². The molecule has 0 aromatic heterocycles. The maximum atomic E-state index is 12.3. The van der Waals surface area contributed by atoms with E-state index in [-0.39, 0.29) is 23.8 Å². The standard InChI is InChI=1S/C24H31NO3/c1-17-13-14-19-21(15-17)28-23-20(27-22(26)16-25(23)24(19,2)3)12-8-7-11-18-9-5-4-6-10-18/h4-6,9-10,17,19-21,23H,7,11,13-16H2,1-3H3/t17-,19-,20-,21-,23+/m1/s1. The molecule has 3 aliphatic rings. The monoisotopic (exact) mass is 381 g/mol. The molecule has 1 aromatic carbocycles. The minimum absolute atomic E-state index is 0.0862. The molecule has 4 heteroatoms. The summed E-state index contributed by atoms with van der Waals surface area (Å²) in [5.41, 5.74) is 1.19. The summed E-state index contributed by atoms with van der Waals surface area (Å²) in [6.45, 7) is 7.11. The smallest absolute Gasteiger partial charge is 0.321 e. The first kappa shape index (κ1) is 19.5. The molecule has 1 aliphatic carbocycles. The molecule has 0 N–H and O–H groups in total. The summed E-state index contributed by atoms with van der Waals surface area (Å²) in [6.07, 6.45) is 4.59. The molecule has 0 amide bonds. The number of rotatable bonds is 2. The number of ether oxygens (including phenoxy) is 2. The molecule has 5 atom stereocenters. The number of cyclic esters (lactones) is 1. The van der Waals surface area contributed by atoms with Crippen molar-refractivity contribution in [2.75, 3.05) is 6.54 Å². The number of esters is 1. The summed E-state index contributed by atoms with van der Waals surface area (Å²) in [5.74, 6) is 7.38. The zero-order valence-electron chi connectivity index (χ0n) is 17.2. The van der Waals surface area contributed by atoms with Crippen LogP contribution in [0.5, 0.6) is 0 Å². The summed E-state index contributed by atoms with van der Waals surface area (Å²) >= 11 is 0. The highest BCUT2D eigenvalue weighted by molar-refractivity contribution is 5.73. The third-order valence-electron chi connectivity index (χ3n) is 6.77. The lowest BCUT2D eigenvalue weighted by molar-refractivity contribution is -0.271. The Bertz CT molecular complexity index is 763. The highest BCUT2D eigenvalue weighted by Crippen LogP contribution is 2.46. The predicted molar refractivity (Wildman–Crippen MR) is 108 cm³/mol. The topological polar surface area (TPSA) is 38.8 Å². The van der Waals surface area contributed by atoms with E-state index in [1.165, 1.54) is 12.0 Å². The van der Waals surface area contributed by atoms with Crippen molar-refractivity contribution in [3.8, 4) is 11.8 Å². The third-order valence-corrected chi connectivity index (χ3v) is 6.77. The second-order valence-corrected chi connectivity index (χ2v) is 9.09. The third kappa shape index (κ3) is 3.83. The summed E-state index contributed by atoms with van der Waals surface area (Å²) in [6, 6.07) is 10.3. The van der Waals surface area contributed by atoms with Gasteiger partial charge in [0, 0.05) is 17.9 Å². The molecule has 1 aromatic rings. The fourth-order valence-corrected chi connectivity index (χ4v) is 5.11. The zero-order chi connectivity index (χ0) is 19.7. The summed E-state index contributed by atoms with van der Waals surface area (Å²) in [5, 5.41) is 0. The summed E-state index contributed by atoms with van der Waals surface area (Å²) in [7, 11) is 0. The normalized spacial score (nSPS) is 34.4. The van der Waals surface area contributed by atoms with Gasteiger partial charge >= 0.3 is 5.97 Å². The predicted octanol–water partition coefficient (Wildman–Crippen LogP) is 3.79. The Morgan fingerprint density at radius 1 is 1.21 bits per heavy atom. The van der Waals surface area contributed by atoms with Crippen LogP contribution >= 0.6 is 0 Å². The molecule has 150 valence electrons. The van der Waals surface area contributed by atoms with E-state index in [1.54, 1.807) is 0 Å². The van der Waals surface area contributed by atoms with E-state index in [1.807, 2.05) is 18.2 Å². The van der Waals surface area contributed by atoms with Gasteiger partial charge in [0.2, 0.25) is 6.10 Å². The highest BCUT2D eigenvalue weighted by atomic mass is 16.6. The molecule has 0 radical (unpaired) electrons. The van der Waals surface area contributed by atoms with Crippen molar-refractivity contribution >= 4 is 5.97 Å². The average Bonchev–Trinajstić information content (AvgIpc) is 2.66. The van der Waals surface area contributed by atoms with Gasteiger partial charge in [-0.1, -0.05) is 55.5 Å². The van der Waals surface area contributed by atoms with E-state index in [4.69, 9.17) is 9.47 Å². The molecular formula is C24H31NO3. The lowest BCUT2D eigenvalue weighted by Crippen LogP contribution is -2.70. The minimum atomic E-state index is -0.505. The summed E-state index contributed by atoms with van der Waals surface area (Å²) < 4.78 is 12.2. The lowest BCUT2D eigenvalue weighted by atomic mass is 9.69. The molecule has 2 saturated heterocycles. The van der Waals surface area contributed by atoms with Crippen molar-refractivity contribution in [2.24, 2.45) is 11.8 Å². The molecule has 4 rings (SSSR count). The van der Waals surface area contributed by atoms with E-state index in [9.17, 15) is 4.79 Å². The highest BCUT2D eigenvalue weighted by Gasteiger charge is 2.55. The van der Waals surface area contributed by atoms with E-state index in [0.29, 0.717) is 18.4 Å². The van der Waals surface area contributed by atoms with Gasteiger partial charge in [-0.25, -0.2) is 0 Å². The quantitative estimate of drug-likeness (QED) is 0.577. The molecule has 2 aliphatic heterocycles. The Balaban J connectivity index is 1.49. The first-order valence-electron chi connectivity index (χ1n) is 10.6. The number of fused-ring (bicyclic) bond motifs is 2. The number of carbonyl (C=O) groups excluding carboxylic acids is 1. The maximum absolute atomic E-state index is 12.3. The van der Waals surface area contributed by atoms with Crippen molar-refractivity contribution in [1.29, 1.82) is 0 Å². The van der Waals surface area contributed by atoms with Gasteiger partial charge in [0.05, 0.1) is 12.6 Å². The van der Waals surface area contributed by atoms with Crippen molar-refractivity contribution in [2.45, 2.75) is 76.9 Å². The number of hydrogen-bond acceptors (Lipinski definition) is 4. The summed E-state index contributed by atoms with van der Waals surface area (Å²) in [4.78, 5) is 14.5. The van der Waals surface area contributed by atoms with E-state index < -0.39 is 6.10 Å². The second kappa shape index (κ2) is 7.89. The van der Waals surface area contributed by atoms with E-state index in [2.05, 4.69) is 49.6 Å². The van der Waals surface area contributed by atoms with Gasteiger partial charge < -0.3 is 9.47 Å². The number of aryl methyl sites for hydroxylation is 1. The van der Waals surface area contributed by atoms with Crippen LogP contribution in [0, 0.1) is 23.7 Å². The van der Waals surface area contributed by atoms with Crippen molar-refractivity contribution in [3.05, 3.63) is 35.9 Å². The largest absolute Gasteiger partial charge is 0.444 e. The van der Waals surface area contributed by atoms with Crippen LogP contribution in [0.25, 0.3) is 0 Å². The van der Waals surface area contributed by atoms with Gasteiger partial charge in [0.15, 0.2) is 6.23 Å². The minimum Gasteiger partial charge on any atom is -0.444 e. The molecule has 0 bridgehead atoms. The second-order valence-electron chi connectivity index (χ2n) is 9.09. The van der Waals surface area contributed by atoms with Crippen LogP contribution in [0.3, 0.4) is 0 Å². The molecule has 3 fully saturated rings. The Morgan fingerprint density at radius 3 is 2.79 bits per heavy atom. The van der Waals surface area contributed by atoms with Crippen LogP contribution in [0.1, 0.15) is 52.0 Å². The SMILES string of the molecule is C[C@@H]1CC[C@@H]2[C@@H](C1)O[C@H]1[C@@H](C#CCCc3ccccc3)OC(=O)CN1C2(C)C. The van der Waals surface area contributed by atoms with E-state index >= 15 is 0 Å². The van der Waals surface area contributed by atoms with Crippen LogP contribution < -0.4 is 0 Å². The molecular weight excluding hydrogens is 350 g/mol. The van der Waals surface area contributed by atoms with Crippen LogP contribution in [0.4, 0.5) is 0 Å². The van der Waals surface area contributed by atoms with Gasteiger partial charge in [0.1, 0.15) is 0 Å². The molecule has 4 nitrogen and oxygen atoms in total. The Kier molecular flexibility index (Phi) is 5.49. The maximum Gasteiger partial charge on any atom is 0.321 e. The van der Waals surface area contributed by atoms with Crippen LogP contribution in [0.2, 0.25) is 0 Å². The Labute approximate surface area is 168 Å². The van der Waals surface area contributed by atoms with Crippen molar-refractivity contribution in [3.63, 3.8) is 0 Å². The Morgan fingerprint density at radius 2 is 2.00 bits per heavy atom. The fourth-order valence-electron chi connectivity index (χ4n) is 5.11. The van der Waals surface area contributed by atoms with Gasteiger partial charge in [0.25, 0.3) is 0 Å². The van der Waals surface area contributed by atoms with E-state index in [0.717, 1.165) is 25.7 Å². The number of hydrogen-bond donors (Lipinski definition) is 0.